The minimum atomic E-state index is -0.00622. The number of amides is 1. The van der Waals surface area contributed by atoms with Crippen LogP contribution in [0.5, 0.6) is 11.5 Å². The van der Waals surface area contributed by atoms with E-state index in [2.05, 4.69) is 10.2 Å². The molecule has 1 amide bonds. The van der Waals surface area contributed by atoms with Gasteiger partial charge in [0.1, 0.15) is 16.5 Å². The van der Waals surface area contributed by atoms with Crippen LogP contribution in [0.4, 0.5) is 11.5 Å². The molecule has 0 spiro atoms. The number of rotatable bonds is 3. The number of hydrogen-bond donors (Lipinski definition) is 1. The first-order valence-electron chi connectivity index (χ1n) is 10.9. The summed E-state index contributed by atoms with van der Waals surface area (Å²) in [6, 6.07) is 5.52. The van der Waals surface area contributed by atoms with Gasteiger partial charge >= 0.3 is 0 Å². The summed E-state index contributed by atoms with van der Waals surface area (Å²) in [6.45, 7) is 3.86. The van der Waals surface area contributed by atoms with E-state index in [1.54, 1.807) is 0 Å². The van der Waals surface area contributed by atoms with Gasteiger partial charge < -0.3 is 19.7 Å². The normalized spacial score (nSPS) is 17.9. The summed E-state index contributed by atoms with van der Waals surface area (Å²) >= 11 is 1.83. The summed E-state index contributed by atoms with van der Waals surface area (Å²) < 4.78 is 10.7. The molecule has 3 aromatic rings. The zero-order valence-electron chi connectivity index (χ0n) is 17.4. The monoisotopic (exact) mass is 436 g/mol. The van der Waals surface area contributed by atoms with Gasteiger partial charge in [0.2, 0.25) is 12.7 Å². The molecule has 1 aromatic carbocycles. The highest BCUT2D eigenvalue weighted by atomic mass is 32.1. The summed E-state index contributed by atoms with van der Waals surface area (Å²) in [5.41, 5.74) is 2.20. The molecule has 4 heterocycles. The smallest absolute Gasteiger partial charge is 0.231 e. The zero-order chi connectivity index (χ0) is 20.9. The molecular formula is C23H24N4O3S. The minimum absolute atomic E-state index is 0.00622. The Bertz CT molecular complexity index is 1180. The number of ether oxygens (including phenoxy) is 2. The number of benzene rings is 1. The SMILES string of the molecule is Cc1nc(N2CCC(C(=O)Nc3ccc4c(c3)OCO4)CC2)c2c3c(sc2n1)CCC3. The first-order chi connectivity index (χ1) is 15.2. The Morgan fingerprint density at radius 1 is 1.16 bits per heavy atom. The van der Waals surface area contributed by atoms with E-state index >= 15 is 0 Å². The molecule has 0 radical (unpaired) electrons. The number of hydrogen-bond acceptors (Lipinski definition) is 7. The summed E-state index contributed by atoms with van der Waals surface area (Å²) in [6.07, 6.45) is 5.15. The molecule has 2 aliphatic heterocycles. The molecule has 8 heteroatoms. The Kier molecular flexibility index (Phi) is 4.49. The maximum absolute atomic E-state index is 12.9. The van der Waals surface area contributed by atoms with Crippen molar-refractivity contribution in [3.8, 4) is 11.5 Å². The van der Waals surface area contributed by atoms with Crippen LogP contribution in [0.15, 0.2) is 18.2 Å². The first-order valence-corrected chi connectivity index (χ1v) is 11.7. The van der Waals surface area contributed by atoms with Crippen molar-refractivity contribution in [2.24, 2.45) is 5.92 Å². The maximum atomic E-state index is 12.9. The van der Waals surface area contributed by atoms with Crippen molar-refractivity contribution in [1.82, 2.24) is 9.97 Å². The van der Waals surface area contributed by atoms with E-state index in [1.807, 2.05) is 36.5 Å². The van der Waals surface area contributed by atoms with Gasteiger partial charge in [-0.15, -0.1) is 11.3 Å². The van der Waals surface area contributed by atoms with Gasteiger partial charge in [-0.2, -0.15) is 0 Å². The standard InChI is InChI=1S/C23H24N4O3S/c1-13-24-21(20-16-3-2-4-19(16)31-23(20)25-13)27-9-7-14(8-10-27)22(28)26-15-5-6-17-18(11-15)30-12-29-17/h5-6,11,14H,2-4,7-10,12H2,1H3,(H,26,28). The third-order valence-corrected chi connectivity index (χ3v) is 7.65. The van der Waals surface area contributed by atoms with Crippen LogP contribution >= 0.6 is 11.3 Å². The van der Waals surface area contributed by atoms with Crippen LogP contribution in [0, 0.1) is 12.8 Å². The number of nitrogens with one attached hydrogen (secondary N) is 1. The van der Waals surface area contributed by atoms with Gasteiger partial charge in [-0.1, -0.05) is 0 Å². The molecular weight excluding hydrogens is 412 g/mol. The quantitative estimate of drug-likeness (QED) is 0.667. The van der Waals surface area contributed by atoms with Gasteiger partial charge in [0, 0.05) is 35.6 Å². The number of aryl methyl sites for hydroxylation is 3. The largest absolute Gasteiger partial charge is 0.454 e. The highest BCUT2D eigenvalue weighted by Gasteiger charge is 2.29. The lowest BCUT2D eigenvalue weighted by atomic mass is 9.95. The number of nitrogens with zero attached hydrogens (tertiary/aromatic N) is 3. The Balaban J connectivity index is 1.17. The molecule has 0 unspecified atom stereocenters. The fourth-order valence-electron chi connectivity index (χ4n) is 4.88. The lowest BCUT2D eigenvalue weighted by Crippen LogP contribution is -2.38. The van der Waals surface area contributed by atoms with Gasteiger partial charge in [-0.3, -0.25) is 4.79 Å². The molecule has 6 rings (SSSR count). The second-order valence-electron chi connectivity index (χ2n) is 8.45. The Morgan fingerprint density at radius 2 is 2.00 bits per heavy atom. The van der Waals surface area contributed by atoms with E-state index in [-0.39, 0.29) is 18.6 Å². The van der Waals surface area contributed by atoms with Gasteiger partial charge in [-0.05, 0) is 56.7 Å². The van der Waals surface area contributed by atoms with Crippen LogP contribution in [-0.4, -0.2) is 35.8 Å². The number of thiophene rings is 1. The molecule has 7 nitrogen and oxygen atoms in total. The minimum Gasteiger partial charge on any atom is -0.454 e. The predicted octanol–water partition coefficient (Wildman–Crippen LogP) is 4.07. The molecule has 31 heavy (non-hydrogen) atoms. The zero-order valence-corrected chi connectivity index (χ0v) is 18.3. The summed E-state index contributed by atoms with van der Waals surface area (Å²) in [4.78, 5) is 27.4. The molecule has 0 saturated carbocycles. The molecule has 1 N–H and O–H groups in total. The second kappa shape index (κ2) is 7.37. The lowest BCUT2D eigenvalue weighted by Gasteiger charge is -2.32. The van der Waals surface area contributed by atoms with Crippen molar-refractivity contribution >= 4 is 39.0 Å². The third kappa shape index (κ3) is 3.29. The molecule has 3 aliphatic rings. The van der Waals surface area contributed by atoms with Gasteiger partial charge in [0.05, 0.1) is 5.39 Å². The molecule has 2 aromatic heterocycles. The van der Waals surface area contributed by atoms with Crippen molar-refractivity contribution in [1.29, 1.82) is 0 Å². The van der Waals surface area contributed by atoms with Crippen molar-refractivity contribution < 1.29 is 14.3 Å². The molecule has 0 bridgehead atoms. The Hall–Kier alpha value is -2.87. The fourth-order valence-corrected chi connectivity index (χ4v) is 6.18. The van der Waals surface area contributed by atoms with Crippen LogP contribution in [0.1, 0.15) is 35.5 Å². The van der Waals surface area contributed by atoms with Gasteiger partial charge in [0.25, 0.3) is 0 Å². The molecule has 1 saturated heterocycles. The fraction of sp³-hybridized carbons (Fsp3) is 0.435. The number of anilines is 2. The predicted molar refractivity (Wildman–Crippen MR) is 120 cm³/mol. The average molecular weight is 437 g/mol. The summed E-state index contributed by atoms with van der Waals surface area (Å²) in [5.74, 6) is 3.35. The Morgan fingerprint density at radius 3 is 2.87 bits per heavy atom. The van der Waals surface area contributed by atoms with E-state index in [0.29, 0.717) is 5.75 Å². The van der Waals surface area contributed by atoms with Crippen molar-refractivity contribution in [2.75, 3.05) is 30.1 Å². The summed E-state index contributed by atoms with van der Waals surface area (Å²) in [7, 11) is 0. The van der Waals surface area contributed by atoms with E-state index in [4.69, 9.17) is 19.4 Å². The Labute approximate surface area is 184 Å². The van der Waals surface area contributed by atoms with Crippen LogP contribution in [0.2, 0.25) is 0 Å². The highest BCUT2D eigenvalue weighted by molar-refractivity contribution is 7.19. The van der Waals surface area contributed by atoms with Crippen molar-refractivity contribution in [3.05, 3.63) is 34.5 Å². The first kappa shape index (κ1) is 18.9. The van der Waals surface area contributed by atoms with Crippen LogP contribution in [0.3, 0.4) is 0 Å². The number of carbonyl (C=O) groups is 1. The molecule has 1 fully saturated rings. The number of aromatic nitrogens is 2. The highest BCUT2D eigenvalue weighted by Crippen LogP contribution is 2.41. The van der Waals surface area contributed by atoms with Crippen LogP contribution < -0.4 is 19.7 Å². The van der Waals surface area contributed by atoms with Crippen molar-refractivity contribution in [2.45, 2.75) is 39.0 Å². The average Bonchev–Trinajstić information content (AvgIpc) is 3.48. The number of fused-ring (bicyclic) bond motifs is 4. The molecule has 0 atom stereocenters. The summed E-state index contributed by atoms with van der Waals surface area (Å²) in [5, 5.41) is 4.30. The van der Waals surface area contributed by atoms with E-state index in [9.17, 15) is 4.79 Å². The van der Waals surface area contributed by atoms with Crippen LogP contribution in [0.25, 0.3) is 10.2 Å². The number of piperidine rings is 1. The third-order valence-electron chi connectivity index (χ3n) is 6.46. The molecule has 1 aliphatic carbocycles. The van der Waals surface area contributed by atoms with Gasteiger partial charge in [0.15, 0.2) is 11.5 Å². The van der Waals surface area contributed by atoms with E-state index in [0.717, 1.165) is 66.7 Å². The van der Waals surface area contributed by atoms with E-state index < -0.39 is 0 Å². The second-order valence-corrected chi connectivity index (χ2v) is 9.53. The number of carbonyl (C=O) groups excluding carboxylic acids is 1. The topological polar surface area (TPSA) is 76.6 Å². The van der Waals surface area contributed by atoms with E-state index in [1.165, 1.54) is 22.2 Å². The van der Waals surface area contributed by atoms with Crippen molar-refractivity contribution in [3.63, 3.8) is 0 Å². The molecule has 160 valence electrons. The lowest BCUT2D eigenvalue weighted by molar-refractivity contribution is -0.120. The van der Waals surface area contributed by atoms with Crippen LogP contribution in [-0.2, 0) is 17.6 Å². The van der Waals surface area contributed by atoms with Gasteiger partial charge in [-0.25, -0.2) is 9.97 Å². The maximum Gasteiger partial charge on any atom is 0.231 e.